The molecule has 0 aliphatic rings. The quantitative estimate of drug-likeness (QED) is 0.630. The van der Waals surface area contributed by atoms with E-state index in [9.17, 15) is 0 Å². The van der Waals surface area contributed by atoms with Crippen LogP contribution in [0.1, 0.15) is 40.5 Å². The van der Waals surface area contributed by atoms with Gasteiger partial charge in [0.25, 0.3) is 0 Å². The van der Waals surface area contributed by atoms with Gasteiger partial charge in [0.15, 0.2) is 0 Å². The summed E-state index contributed by atoms with van der Waals surface area (Å²) in [5.74, 6) is 1.47. The van der Waals surface area contributed by atoms with Crippen LogP contribution in [0, 0.1) is 11.8 Å². The van der Waals surface area contributed by atoms with E-state index in [1.54, 1.807) is 0 Å². The lowest BCUT2D eigenvalue weighted by atomic mass is 10.1. The summed E-state index contributed by atoms with van der Waals surface area (Å²) in [7, 11) is 0. The fraction of sp³-hybridized carbons (Fsp3) is 1.00. The number of hydrogen-bond acceptors (Lipinski definition) is 1. The van der Waals surface area contributed by atoms with E-state index in [0.29, 0.717) is 11.3 Å². The maximum atomic E-state index is 6.14. The molecule has 0 fully saturated rings. The van der Waals surface area contributed by atoms with Crippen LogP contribution in [0.25, 0.3) is 0 Å². The maximum absolute atomic E-state index is 6.14. The van der Waals surface area contributed by atoms with Crippen molar-refractivity contribution in [1.82, 2.24) is 5.32 Å². The predicted octanol–water partition coefficient (Wildman–Crippen LogP) is 3.28. The van der Waals surface area contributed by atoms with Crippen LogP contribution in [0.5, 0.6) is 0 Å². The van der Waals surface area contributed by atoms with Crippen molar-refractivity contribution < 1.29 is 0 Å². The maximum Gasteiger partial charge on any atom is 0.0463 e. The van der Waals surface area contributed by atoms with Crippen molar-refractivity contribution in [2.45, 2.75) is 45.9 Å². The molecule has 0 saturated heterocycles. The van der Waals surface area contributed by atoms with Gasteiger partial charge in [-0.15, -0.1) is 11.6 Å². The number of nitrogens with one attached hydrogen (secondary N) is 1. The van der Waals surface area contributed by atoms with Crippen molar-refractivity contribution in [3.63, 3.8) is 0 Å². The van der Waals surface area contributed by atoms with Gasteiger partial charge >= 0.3 is 0 Å². The van der Waals surface area contributed by atoms with E-state index in [-0.39, 0.29) is 0 Å². The largest absolute Gasteiger partial charge is 0.315 e. The third-order valence-corrected chi connectivity index (χ3v) is 2.62. The first-order chi connectivity index (χ1) is 6.06. The molecule has 2 unspecified atom stereocenters. The van der Waals surface area contributed by atoms with Gasteiger partial charge in [-0.25, -0.2) is 0 Å². The Morgan fingerprint density at radius 1 is 1.15 bits per heavy atom. The Kier molecular flexibility index (Phi) is 7.78. The van der Waals surface area contributed by atoms with Crippen molar-refractivity contribution in [1.29, 1.82) is 0 Å². The molecule has 0 bridgehead atoms. The fourth-order valence-electron chi connectivity index (χ4n) is 1.23. The summed E-state index contributed by atoms with van der Waals surface area (Å²) in [5.41, 5.74) is 0. The molecule has 80 valence electrons. The highest BCUT2D eigenvalue weighted by Crippen LogP contribution is 2.09. The predicted molar refractivity (Wildman–Crippen MR) is 61.4 cm³/mol. The lowest BCUT2D eigenvalue weighted by molar-refractivity contribution is 0.476. The summed E-state index contributed by atoms with van der Waals surface area (Å²) in [5, 5.41) is 3.70. The van der Waals surface area contributed by atoms with Gasteiger partial charge in [-0.2, -0.15) is 0 Å². The van der Waals surface area contributed by atoms with Crippen LogP contribution < -0.4 is 5.32 Å². The van der Waals surface area contributed by atoms with Crippen LogP contribution in [0.3, 0.4) is 0 Å². The second-order valence-corrected chi connectivity index (χ2v) is 5.02. The van der Waals surface area contributed by atoms with Gasteiger partial charge in [-0.1, -0.05) is 34.1 Å². The second-order valence-electron chi connectivity index (χ2n) is 4.40. The van der Waals surface area contributed by atoms with Crippen LogP contribution in [0.2, 0.25) is 0 Å². The standard InChI is InChI=1S/C11H24ClN/c1-5-10(4)7-13-8-11(12)6-9(2)3/h9-11,13H,5-8H2,1-4H3. The van der Waals surface area contributed by atoms with E-state index in [0.717, 1.165) is 25.4 Å². The van der Waals surface area contributed by atoms with Gasteiger partial charge in [0, 0.05) is 11.9 Å². The van der Waals surface area contributed by atoms with Gasteiger partial charge in [-0.3, -0.25) is 0 Å². The van der Waals surface area contributed by atoms with Gasteiger partial charge in [0.1, 0.15) is 0 Å². The van der Waals surface area contributed by atoms with Gasteiger partial charge in [-0.05, 0) is 24.8 Å². The van der Waals surface area contributed by atoms with E-state index < -0.39 is 0 Å². The van der Waals surface area contributed by atoms with E-state index in [1.165, 1.54) is 6.42 Å². The first-order valence-corrected chi connectivity index (χ1v) is 5.84. The molecule has 2 heteroatoms. The Bertz CT molecular complexity index is 115. The first-order valence-electron chi connectivity index (χ1n) is 5.41. The molecule has 2 atom stereocenters. The third kappa shape index (κ3) is 8.58. The zero-order valence-electron chi connectivity index (χ0n) is 9.44. The SMILES string of the molecule is CCC(C)CNCC(Cl)CC(C)C. The molecule has 0 amide bonds. The molecule has 0 aromatic rings. The minimum Gasteiger partial charge on any atom is -0.315 e. The number of rotatable bonds is 7. The first kappa shape index (κ1) is 13.2. The Morgan fingerprint density at radius 2 is 1.77 bits per heavy atom. The lowest BCUT2D eigenvalue weighted by Gasteiger charge is -2.14. The molecule has 13 heavy (non-hydrogen) atoms. The average molecular weight is 206 g/mol. The molecular formula is C11H24ClN. The highest BCUT2D eigenvalue weighted by molar-refractivity contribution is 6.20. The zero-order chi connectivity index (χ0) is 10.3. The average Bonchev–Trinajstić information content (AvgIpc) is 2.02. The van der Waals surface area contributed by atoms with Crippen molar-refractivity contribution in [2.75, 3.05) is 13.1 Å². The highest BCUT2D eigenvalue weighted by atomic mass is 35.5. The fourth-order valence-corrected chi connectivity index (χ4v) is 1.69. The van der Waals surface area contributed by atoms with Gasteiger partial charge in [0.2, 0.25) is 0 Å². The lowest BCUT2D eigenvalue weighted by Crippen LogP contribution is -2.28. The molecule has 0 heterocycles. The van der Waals surface area contributed by atoms with Gasteiger partial charge < -0.3 is 5.32 Å². The Labute approximate surface area is 88.2 Å². The Hall–Kier alpha value is 0.250. The molecular weight excluding hydrogens is 182 g/mol. The van der Waals surface area contributed by atoms with Gasteiger partial charge in [0.05, 0.1) is 0 Å². The molecule has 0 spiro atoms. The van der Waals surface area contributed by atoms with Crippen LogP contribution >= 0.6 is 11.6 Å². The molecule has 0 aromatic heterocycles. The number of halogens is 1. The number of hydrogen-bond donors (Lipinski definition) is 1. The van der Waals surface area contributed by atoms with Crippen LogP contribution in [-0.2, 0) is 0 Å². The van der Waals surface area contributed by atoms with Crippen molar-refractivity contribution in [3.05, 3.63) is 0 Å². The summed E-state index contributed by atoms with van der Waals surface area (Å²) in [4.78, 5) is 0. The molecule has 0 saturated carbocycles. The summed E-state index contributed by atoms with van der Waals surface area (Å²) < 4.78 is 0. The van der Waals surface area contributed by atoms with E-state index in [4.69, 9.17) is 11.6 Å². The van der Waals surface area contributed by atoms with E-state index >= 15 is 0 Å². The normalized spacial score (nSPS) is 16.2. The Balaban J connectivity index is 3.31. The molecule has 0 aromatic carbocycles. The van der Waals surface area contributed by atoms with Crippen LogP contribution in [-0.4, -0.2) is 18.5 Å². The molecule has 0 aliphatic carbocycles. The topological polar surface area (TPSA) is 12.0 Å². The molecule has 0 radical (unpaired) electrons. The van der Waals surface area contributed by atoms with Crippen molar-refractivity contribution >= 4 is 11.6 Å². The smallest absolute Gasteiger partial charge is 0.0463 e. The summed E-state index contributed by atoms with van der Waals surface area (Å²) >= 11 is 6.14. The minimum absolute atomic E-state index is 0.295. The summed E-state index contributed by atoms with van der Waals surface area (Å²) in [6.07, 6.45) is 2.35. The summed E-state index contributed by atoms with van der Waals surface area (Å²) in [6, 6.07) is 0. The van der Waals surface area contributed by atoms with Crippen LogP contribution in [0.4, 0.5) is 0 Å². The second kappa shape index (κ2) is 7.64. The zero-order valence-corrected chi connectivity index (χ0v) is 10.2. The monoisotopic (exact) mass is 205 g/mol. The Morgan fingerprint density at radius 3 is 2.23 bits per heavy atom. The van der Waals surface area contributed by atoms with Crippen molar-refractivity contribution in [2.24, 2.45) is 11.8 Å². The molecule has 1 nitrogen and oxygen atoms in total. The van der Waals surface area contributed by atoms with E-state index in [2.05, 4.69) is 33.0 Å². The minimum atomic E-state index is 0.295. The summed E-state index contributed by atoms with van der Waals surface area (Å²) in [6.45, 7) is 11.0. The third-order valence-electron chi connectivity index (χ3n) is 2.28. The molecule has 1 N–H and O–H groups in total. The van der Waals surface area contributed by atoms with E-state index in [1.807, 2.05) is 0 Å². The van der Waals surface area contributed by atoms with Crippen molar-refractivity contribution in [3.8, 4) is 0 Å². The number of alkyl halides is 1. The molecule has 0 rings (SSSR count). The van der Waals surface area contributed by atoms with Crippen LogP contribution in [0.15, 0.2) is 0 Å². The molecule has 0 aliphatic heterocycles. The highest BCUT2D eigenvalue weighted by Gasteiger charge is 2.07.